The number of pyridine rings is 1. The Morgan fingerprint density at radius 3 is 2.86 bits per heavy atom. The van der Waals surface area contributed by atoms with Gasteiger partial charge in [-0.25, -0.2) is 18.6 Å². The van der Waals surface area contributed by atoms with Gasteiger partial charge in [0.1, 0.15) is 5.65 Å². The van der Waals surface area contributed by atoms with Crippen LogP contribution in [0, 0.1) is 11.6 Å². The second-order valence-electron chi connectivity index (χ2n) is 4.33. The molecule has 0 saturated carbocycles. The molecule has 5 nitrogen and oxygen atoms in total. The summed E-state index contributed by atoms with van der Waals surface area (Å²) >= 11 is 9.32. The highest BCUT2D eigenvalue weighted by molar-refractivity contribution is 9.10. The van der Waals surface area contributed by atoms with Crippen LogP contribution in [0.1, 0.15) is 0 Å². The number of nitrogens with one attached hydrogen (secondary N) is 2. The second kappa shape index (κ2) is 5.36. The molecule has 3 rings (SSSR count). The number of hydrogen-bond donors (Lipinski definition) is 2. The molecule has 2 heterocycles. The third-order valence-electron chi connectivity index (χ3n) is 3.06. The van der Waals surface area contributed by atoms with Gasteiger partial charge in [0.15, 0.2) is 17.4 Å². The van der Waals surface area contributed by atoms with E-state index in [-0.39, 0.29) is 32.7 Å². The third kappa shape index (κ3) is 2.19. The first-order valence-corrected chi connectivity index (χ1v) is 7.14. The maximum atomic E-state index is 14.2. The van der Waals surface area contributed by atoms with Crippen LogP contribution >= 0.6 is 27.5 Å². The first kappa shape index (κ1) is 15.0. The summed E-state index contributed by atoms with van der Waals surface area (Å²) in [5, 5.41) is 2.47. The lowest BCUT2D eigenvalue weighted by Crippen LogP contribution is -2.22. The van der Waals surface area contributed by atoms with E-state index in [2.05, 4.69) is 31.2 Å². The summed E-state index contributed by atoms with van der Waals surface area (Å²) in [4.78, 5) is 18.2. The number of H-pyrrole nitrogens is 1. The van der Waals surface area contributed by atoms with E-state index in [4.69, 9.17) is 16.3 Å². The summed E-state index contributed by atoms with van der Waals surface area (Å²) in [6.45, 7) is 0. The number of ether oxygens (including phenoxy) is 1. The van der Waals surface area contributed by atoms with E-state index in [9.17, 15) is 13.6 Å². The topological polar surface area (TPSA) is 67.0 Å². The van der Waals surface area contributed by atoms with Gasteiger partial charge in [0.25, 0.3) is 0 Å². The van der Waals surface area contributed by atoms with E-state index in [1.54, 1.807) is 0 Å². The monoisotopic (exact) mass is 389 g/mol. The number of aromatic nitrogens is 2. The van der Waals surface area contributed by atoms with Crippen molar-refractivity contribution in [3.63, 3.8) is 0 Å². The molecule has 0 bridgehead atoms. The smallest absolute Gasteiger partial charge is 0.408 e. The molecular weight excluding hydrogens is 384 g/mol. The minimum atomic E-state index is -1.16. The first-order valence-electron chi connectivity index (χ1n) is 5.97. The molecule has 1 amide bonds. The van der Waals surface area contributed by atoms with Crippen molar-refractivity contribution in [3.8, 4) is 5.75 Å². The average molecular weight is 391 g/mol. The van der Waals surface area contributed by atoms with E-state index < -0.39 is 17.7 Å². The SMILES string of the molecule is CNC(=O)Oc1cc(F)c(F)c2c1[nH]c1ncc(Br)c(Cl)c12. The number of amides is 1. The lowest BCUT2D eigenvalue weighted by atomic mass is 10.1. The Kier molecular flexibility index (Phi) is 3.65. The van der Waals surface area contributed by atoms with E-state index in [0.29, 0.717) is 4.47 Å². The van der Waals surface area contributed by atoms with Crippen molar-refractivity contribution in [2.24, 2.45) is 0 Å². The number of rotatable bonds is 1. The van der Waals surface area contributed by atoms with Crippen molar-refractivity contribution in [1.29, 1.82) is 0 Å². The van der Waals surface area contributed by atoms with Crippen LogP contribution in [0.15, 0.2) is 16.7 Å². The second-order valence-corrected chi connectivity index (χ2v) is 5.56. The van der Waals surface area contributed by atoms with Gasteiger partial charge >= 0.3 is 6.09 Å². The van der Waals surface area contributed by atoms with Gasteiger partial charge in [-0.3, -0.25) is 0 Å². The molecule has 0 fully saturated rings. The van der Waals surface area contributed by atoms with Gasteiger partial charge in [-0.2, -0.15) is 0 Å². The van der Waals surface area contributed by atoms with Crippen molar-refractivity contribution in [1.82, 2.24) is 15.3 Å². The molecule has 0 saturated heterocycles. The minimum Gasteiger partial charge on any atom is -0.408 e. The molecule has 0 atom stereocenters. The van der Waals surface area contributed by atoms with Crippen LogP contribution < -0.4 is 10.1 Å². The van der Waals surface area contributed by atoms with Crippen LogP contribution in [-0.4, -0.2) is 23.1 Å². The van der Waals surface area contributed by atoms with Gasteiger partial charge in [0, 0.05) is 24.7 Å². The summed E-state index contributed by atoms with van der Waals surface area (Å²) in [5.74, 6) is -2.44. The molecule has 114 valence electrons. The van der Waals surface area contributed by atoms with Crippen LogP contribution in [0.5, 0.6) is 5.75 Å². The summed E-state index contributed by atoms with van der Waals surface area (Å²) in [7, 11) is 1.35. The highest BCUT2D eigenvalue weighted by Crippen LogP contribution is 2.40. The lowest BCUT2D eigenvalue weighted by Gasteiger charge is -2.06. The van der Waals surface area contributed by atoms with Gasteiger partial charge < -0.3 is 15.0 Å². The number of carbonyl (C=O) groups excluding carboxylic acids is 1. The Balaban J connectivity index is 2.43. The maximum absolute atomic E-state index is 14.2. The zero-order valence-corrected chi connectivity index (χ0v) is 13.3. The molecule has 1 aromatic carbocycles. The molecule has 3 aromatic rings. The quantitative estimate of drug-likeness (QED) is 0.656. The molecule has 0 aliphatic heterocycles. The normalized spacial score (nSPS) is 11.1. The Morgan fingerprint density at radius 2 is 2.18 bits per heavy atom. The molecular formula is C13H7BrClF2N3O2. The predicted octanol–water partition coefficient (Wildman–Crippen LogP) is 4.13. The summed E-state index contributed by atoms with van der Waals surface area (Å²) in [5.41, 5.74) is 0.333. The number of aromatic amines is 1. The highest BCUT2D eigenvalue weighted by Gasteiger charge is 2.22. The Labute approximate surface area is 135 Å². The van der Waals surface area contributed by atoms with Crippen LogP contribution in [-0.2, 0) is 0 Å². The number of benzene rings is 1. The average Bonchev–Trinajstić information content (AvgIpc) is 2.88. The molecule has 0 aliphatic rings. The van der Waals surface area contributed by atoms with Crippen LogP contribution in [0.2, 0.25) is 5.02 Å². The van der Waals surface area contributed by atoms with E-state index >= 15 is 0 Å². The third-order valence-corrected chi connectivity index (χ3v) is 4.28. The number of halogens is 4. The van der Waals surface area contributed by atoms with Crippen molar-refractivity contribution in [3.05, 3.63) is 33.4 Å². The fourth-order valence-electron chi connectivity index (χ4n) is 2.10. The molecule has 0 unspecified atom stereocenters. The molecule has 22 heavy (non-hydrogen) atoms. The van der Waals surface area contributed by atoms with Crippen molar-refractivity contribution < 1.29 is 18.3 Å². The zero-order valence-electron chi connectivity index (χ0n) is 10.9. The fourth-order valence-corrected chi connectivity index (χ4v) is 2.63. The molecule has 0 radical (unpaired) electrons. The largest absolute Gasteiger partial charge is 0.412 e. The minimum absolute atomic E-state index is 0.0880. The molecule has 0 aliphatic carbocycles. The molecule has 2 aromatic heterocycles. The fraction of sp³-hybridized carbons (Fsp3) is 0.0769. The van der Waals surface area contributed by atoms with Gasteiger partial charge in [-0.15, -0.1) is 0 Å². The Morgan fingerprint density at radius 1 is 1.45 bits per heavy atom. The number of hydrogen-bond acceptors (Lipinski definition) is 3. The van der Waals surface area contributed by atoms with Gasteiger partial charge in [0.05, 0.1) is 20.4 Å². The molecule has 9 heteroatoms. The summed E-state index contributed by atoms with van der Waals surface area (Å²) < 4.78 is 33.4. The Hall–Kier alpha value is -1.93. The van der Waals surface area contributed by atoms with E-state index in [1.807, 2.05) is 0 Å². The number of carbonyl (C=O) groups is 1. The number of nitrogens with zero attached hydrogens (tertiary/aromatic N) is 1. The number of fused-ring (bicyclic) bond motifs is 3. The lowest BCUT2D eigenvalue weighted by molar-refractivity contribution is 0.203. The standard InChI is InChI=1S/C13H7BrClF2N3O2/c1-18-13(21)22-6-2-5(16)10(17)8-7-9(15)4(14)3-19-12(7)20-11(6)8/h2-3H,1H3,(H,18,21)(H,19,20). The van der Waals surface area contributed by atoms with Gasteiger partial charge in [0.2, 0.25) is 0 Å². The van der Waals surface area contributed by atoms with Crippen molar-refractivity contribution >= 4 is 55.6 Å². The van der Waals surface area contributed by atoms with E-state index in [1.165, 1.54) is 13.2 Å². The Bertz CT molecular complexity index is 929. The van der Waals surface area contributed by atoms with Crippen molar-refractivity contribution in [2.45, 2.75) is 0 Å². The van der Waals surface area contributed by atoms with Crippen LogP contribution in [0.25, 0.3) is 21.9 Å². The summed E-state index contributed by atoms with van der Waals surface area (Å²) in [6, 6.07) is 0.783. The van der Waals surface area contributed by atoms with Crippen molar-refractivity contribution in [2.75, 3.05) is 7.05 Å². The first-order chi connectivity index (χ1) is 10.4. The van der Waals surface area contributed by atoms with E-state index in [0.717, 1.165) is 6.07 Å². The van der Waals surface area contributed by atoms with Crippen LogP contribution in [0.4, 0.5) is 13.6 Å². The summed E-state index contributed by atoms with van der Waals surface area (Å²) in [6.07, 6.45) is 0.610. The predicted molar refractivity (Wildman–Crippen MR) is 81.3 cm³/mol. The van der Waals surface area contributed by atoms with Gasteiger partial charge in [-0.1, -0.05) is 11.6 Å². The molecule has 0 spiro atoms. The van der Waals surface area contributed by atoms with Gasteiger partial charge in [-0.05, 0) is 15.9 Å². The highest BCUT2D eigenvalue weighted by atomic mass is 79.9. The maximum Gasteiger partial charge on any atom is 0.412 e. The zero-order chi connectivity index (χ0) is 16.0. The molecule has 2 N–H and O–H groups in total. The van der Waals surface area contributed by atoms with Crippen LogP contribution in [0.3, 0.4) is 0 Å².